The van der Waals surface area contributed by atoms with E-state index in [1.165, 1.54) is 6.92 Å². The fourth-order valence-corrected chi connectivity index (χ4v) is 3.31. The third-order valence-electron chi connectivity index (χ3n) is 4.82. The summed E-state index contributed by atoms with van der Waals surface area (Å²) in [5.74, 6) is -0.649. The van der Waals surface area contributed by atoms with E-state index in [1.807, 2.05) is 54.6 Å². The van der Waals surface area contributed by atoms with E-state index in [9.17, 15) is 9.59 Å². The highest BCUT2D eigenvalue weighted by atomic mass is 16.6. The Labute approximate surface area is 179 Å². The zero-order valence-corrected chi connectivity index (χ0v) is 16.9. The fourth-order valence-electron chi connectivity index (χ4n) is 3.31. The van der Waals surface area contributed by atoms with E-state index in [2.05, 4.69) is 15.5 Å². The first-order valence-electron chi connectivity index (χ1n) is 9.86. The summed E-state index contributed by atoms with van der Waals surface area (Å²) in [6.45, 7) is 1.38. The highest BCUT2D eigenvalue weighted by Gasteiger charge is 2.29. The standard InChI is InChI=1S/C24H21N3O4/c1-16(28)30-23(17-6-3-2-4-7-17)18-9-11-20(12-10-18)26-24(29)22-14-21(27-31-22)19-8-5-13-25-15-19/h2-13,15,22-23H,14H2,1H3,(H,26,29). The number of carbonyl (C=O) groups excluding carboxylic acids is 2. The van der Waals surface area contributed by atoms with Gasteiger partial charge < -0.3 is 14.9 Å². The Kier molecular flexibility index (Phi) is 6.03. The molecule has 1 aromatic heterocycles. The number of hydrogen-bond donors (Lipinski definition) is 1. The Morgan fingerprint density at radius 2 is 1.77 bits per heavy atom. The minimum absolute atomic E-state index is 0.282. The Morgan fingerprint density at radius 1 is 1.03 bits per heavy atom. The van der Waals surface area contributed by atoms with Crippen LogP contribution in [0.3, 0.4) is 0 Å². The lowest BCUT2D eigenvalue weighted by molar-refractivity contribution is -0.144. The van der Waals surface area contributed by atoms with Crippen molar-refractivity contribution in [3.63, 3.8) is 0 Å². The summed E-state index contributed by atoms with van der Waals surface area (Å²) in [5.41, 5.74) is 3.81. The summed E-state index contributed by atoms with van der Waals surface area (Å²) >= 11 is 0. The van der Waals surface area contributed by atoms with Crippen LogP contribution in [0.4, 0.5) is 5.69 Å². The molecular weight excluding hydrogens is 394 g/mol. The molecule has 156 valence electrons. The van der Waals surface area contributed by atoms with Crippen molar-refractivity contribution in [2.24, 2.45) is 5.16 Å². The smallest absolute Gasteiger partial charge is 0.303 e. The number of amides is 1. The average molecular weight is 415 g/mol. The molecule has 31 heavy (non-hydrogen) atoms. The molecule has 0 aliphatic carbocycles. The van der Waals surface area contributed by atoms with Gasteiger partial charge in [-0.2, -0.15) is 0 Å². The van der Waals surface area contributed by atoms with E-state index >= 15 is 0 Å². The molecule has 0 spiro atoms. The van der Waals surface area contributed by atoms with Gasteiger partial charge in [-0.05, 0) is 35.4 Å². The number of nitrogens with zero attached hydrogens (tertiary/aromatic N) is 2. The van der Waals surface area contributed by atoms with Gasteiger partial charge in [0, 0.05) is 37.0 Å². The number of oxime groups is 1. The van der Waals surface area contributed by atoms with E-state index in [-0.39, 0.29) is 11.9 Å². The summed E-state index contributed by atoms with van der Waals surface area (Å²) in [5, 5.41) is 6.86. The molecule has 2 unspecified atom stereocenters. The van der Waals surface area contributed by atoms with Crippen molar-refractivity contribution < 1.29 is 19.2 Å². The molecule has 3 aromatic rings. The number of hydrogen-bond acceptors (Lipinski definition) is 6. The molecule has 4 rings (SSSR count). The number of pyridine rings is 1. The SMILES string of the molecule is CC(=O)OC(c1ccccc1)c1ccc(NC(=O)C2CC(c3cccnc3)=NO2)cc1. The summed E-state index contributed by atoms with van der Waals surface area (Å²) in [6.07, 6.45) is 2.52. The minimum atomic E-state index is -0.701. The predicted molar refractivity (Wildman–Crippen MR) is 115 cm³/mol. The average Bonchev–Trinajstić information content (AvgIpc) is 3.30. The summed E-state index contributed by atoms with van der Waals surface area (Å²) < 4.78 is 5.51. The van der Waals surface area contributed by atoms with Gasteiger partial charge in [-0.3, -0.25) is 14.6 Å². The number of rotatable bonds is 6. The molecule has 2 aromatic carbocycles. The molecule has 0 fully saturated rings. The molecule has 0 radical (unpaired) electrons. The van der Waals surface area contributed by atoms with Crippen LogP contribution in [-0.2, 0) is 19.2 Å². The third kappa shape index (κ3) is 4.95. The van der Waals surface area contributed by atoms with Gasteiger partial charge in [0.2, 0.25) is 6.10 Å². The number of aromatic nitrogens is 1. The fraction of sp³-hybridized carbons (Fsp3) is 0.167. The number of ether oxygens (including phenoxy) is 1. The van der Waals surface area contributed by atoms with Crippen LogP contribution >= 0.6 is 0 Å². The van der Waals surface area contributed by atoms with Gasteiger partial charge in [-0.15, -0.1) is 0 Å². The van der Waals surface area contributed by atoms with Gasteiger partial charge in [0.05, 0.1) is 5.71 Å². The summed E-state index contributed by atoms with van der Waals surface area (Å²) in [7, 11) is 0. The Hall–Kier alpha value is -4.00. The lowest BCUT2D eigenvalue weighted by Gasteiger charge is -2.18. The molecule has 7 heteroatoms. The van der Waals surface area contributed by atoms with Crippen LogP contribution < -0.4 is 5.32 Å². The van der Waals surface area contributed by atoms with E-state index in [4.69, 9.17) is 9.57 Å². The van der Waals surface area contributed by atoms with Crippen LogP contribution in [0, 0.1) is 0 Å². The second-order valence-electron chi connectivity index (χ2n) is 7.09. The minimum Gasteiger partial charge on any atom is -0.453 e. The van der Waals surface area contributed by atoms with Gasteiger partial charge >= 0.3 is 5.97 Å². The first-order chi connectivity index (χ1) is 15.1. The number of benzene rings is 2. The van der Waals surface area contributed by atoms with Crippen LogP contribution in [0.2, 0.25) is 0 Å². The molecule has 0 bridgehead atoms. The highest BCUT2D eigenvalue weighted by molar-refractivity contribution is 6.05. The van der Waals surface area contributed by atoms with Crippen molar-refractivity contribution in [3.8, 4) is 0 Å². The lowest BCUT2D eigenvalue weighted by Crippen LogP contribution is -2.28. The van der Waals surface area contributed by atoms with Gasteiger partial charge in [-0.1, -0.05) is 47.6 Å². The van der Waals surface area contributed by atoms with Crippen molar-refractivity contribution in [1.29, 1.82) is 0 Å². The molecule has 1 aliphatic heterocycles. The van der Waals surface area contributed by atoms with Crippen LogP contribution in [0.1, 0.15) is 36.1 Å². The largest absolute Gasteiger partial charge is 0.453 e. The van der Waals surface area contributed by atoms with Crippen LogP contribution in [0.25, 0.3) is 0 Å². The van der Waals surface area contributed by atoms with Crippen LogP contribution in [0.15, 0.2) is 84.3 Å². The van der Waals surface area contributed by atoms with Crippen molar-refractivity contribution >= 4 is 23.3 Å². The van der Waals surface area contributed by atoms with Crippen LogP contribution in [0.5, 0.6) is 0 Å². The third-order valence-corrected chi connectivity index (χ3v) is 4.82. The zero-order valence-electron chi connectivity index (χ0n) is 16.9. The van der Waals surface area contributed by atoms with Gasteiger partial charge in [0.15, 0.2) is 6.10 Å². The number of nitrogens with one attached hydrogen (secondary N) is 1. The van der Waals surface area contributed by atoms with Crippen molar-refractivity contribution in [2.75, 3.05) is 5.32 Å². The first-order valence-corrected chi connectivity index (χ1v) is 9.86. The molecule has 1 N–H and O–H groups in total. The normalized spacial score (nSPS) is 16.0. The maximum absolute atomic E-state index is 12.6. The van der Waals surface area contributed by atoms with E-state index in [0.717, 1.165) is 16.7 Å². The molecule has 2 heterocycles. The predicted octanol–water partition coefficient (Wildman–Crippen LogP) is 3.87. The molecular formula is C24H21N3O4. The lowest BCUT2D eigenvalue weighted by atomic mass is 10.0. The monoisotopic (exact) mass is 415 g/mol. The second kappa shape index (κ2) is 9.21. The number of anilines is 1. The Balaban J connectivity index is 1.41. The van der Waals surface area contributed by atoms with Crippen molar-refractivity contribution in [1.82, 2.24) is 4.98 Å². The highest BCUT2D eigenvalue weighted by Crippen LogP contribution is 2.27. The van der Waals surface area contributed by atoms with E-state index in [1.54, 1.807) is 24.5 Å². The van der Waals surface area contributed by atoms with E-state index in [0.29, 0.717) is 17.8 Å². The molecule has 0 saturated carbocycles. The Morgan fingerprint density at radius 3 is 2.45 bits per heavy atom. The quantitative estimate of drug-likeness (QED) is 0.618. The van der Waals surface area contributed by atoms with Gasteiger partial charge in [-0.25, -0.2) is 0 Å². The molecule has 2 atom stereocenters. The number of carbonyl (C=O) groups is 2. The molecule has 1 aliphatic rings. The maximum Gasteiger partial charge on any atom is 0.303 e. The molecule has 0 saturated heterocycles. The van der Waals surface area contributed by atoms with Crippen LogP contribution in [-0.4, -0.2) is 28.7 Å². The molecule has 7 nitrogen and oxygen atoms in total. The summed E-state index contributed by atoms with van der Waals surface area (Å²) in [4.78, 5) is 33.5. The zero-order chi connectivity index (χ0) is 21.6. The van der Waals surface area contributed by atoms with Crippen molar-refractivity contribution in [2.45, 2.75) is 25.6 Å². The van der Waals surface area contributed by atoms with E-state index < -0.39 is 12.2 Å². The molecule has 1 amide bonds. The second-order valence-corrected chi connectivity index (χ2v) is 7.09. The Bertz CT molecular complexity index is 1080. The van der Waals surface area contributed by atoms with Gasteiger partial charge in [0.1, 0.15) is 0 Å². The number of esters is 1. The van der Waals surface area contributed by atoms with Gasteiger partial charge in [0.25, 0.3) is 5.91 Å². The van der Waals surface area contributed by atoms with Crippen molar-refractivity contribution in [3.05, 3.63) is 95.8 Å². The summed E-state index contributed by atoms with van der Waals surface area (Å²) in [6, 6.07) is 20.4. The first kappa shape index (κ1) is 20.3. The maximum atomic E-state index is 12.6. The topological polar surface area (TPSA) is 89.9 Å².